The molecule has 1 heterocycles. The second kappa shape index (κ2) is 9.77. The van der Waals surface area contributed by atoms with Gasteiger partial charge in [-0.25, -0.2) is 0 Å². The van der Waals surface area contributed by atoms with Gasteiger partial charge < -0.3 is 15.1 Å². The third-order valence-corrected chi connectivity index (χ3v) is 5.29. The summed E-state index contributed by atoms with van der Waals surface area (Å²) < 4.78 is 5.22. The maximum Gasteiger partial charge on any atom is 0.242 e. The lowest BCUT2D eigenvalue weighted by atomic mass is 9.82. The van der Waals surface area contributed by atoms with Gasteiger partial charge in [-0.15, -0.1) is 0 Å². The second-order valence-electron chi connectivity index (χ2n) is 6.60. The van der Waals surface area contributed by atoms with E-state index in [0.717, 1.165) is 31.4 Å². The molecule has 0 unspecified atom stereocenters. The average Bonchev–Trinajstić information content (AvgIpc) is 3.10. The Morgan fingerprint density at radius 1 is 1.33 bits per heavy atom. The average molecular weight is 353 g/mol. The van der Waals surface area contributed by atoms with Gasteiger partial charge in [0, 0.05) is 5.92 Å². The van der Waals surface area contributed by atoms with E-state index in [4.69, 9.17) is 4.42 Å². The molecule has 0 saturated heterocycles. The molecule has 2 amide bonds. The van der Waals surface area contributed by atoms with Crippen LogP contribution in [0.15, 0.2) is 22.8 Å². The Morgan fingerprint density at radius 2 is 2.08 bits per heavy atom. The van der Waals surface area contributed by atoms with Crippen molar-refractivity contribution in [2.45, 2.75) is 51.6 Å². The molecule has 2 N–H and O–H groups in total. The lowest BCUT2D eigenvalue weighted by molar-refractivity contribution is -0.132. The fourth-order valence-electron chi connectivity index (χ4n) is 3.03. The van der Waals surface area contributed by atoms with E-state index in [9.17, 15) is 9.59 Å². The highest BCUT2D eigenvalue weighted by molar-refractivity contribution is 7.98. The van der Waals surface area contributed by atoms with Gasteiger partial charge >= 0.3 is 0 Å². The zero-order chi connectivity index (χ0) is 17.4. The number of carbonyl (C=O) groups excluding carboxylic acids is 2. The van der Waals surface area contributed by atoms with Gasteiger partial charge in [-0.05, 0) is 62.2 Å². The summed E-state index contributed by atoms with van der Waals surface area (Å²) >= 11 is 1.68. The SMILES string of the molecule is CSCC[C@@H](NC(=O)C1CCC(C)CC1)C(=O)NCc1ccco1. The Hall–Kier alpha value is -1.43. The summed E-state index contributed by atoms with van der Waals surface area (Å²) in [7, 11) is 0. The summed E-state index contributed by atoms with van der Waals surface area (Å²) in [5.41, 5.74) is 0. The van der Waals surface area contributed by atoms with Gasteiger partial charge in [0.15, 0.2) is 0 Å². The number of amides is 2. The summed E-state index contributed by atoms with van der Waals surface area (Å²) in [4.78, 5) is 24.9. The third kappa shape index (κ3) is 5.89. The maximum atomic E-state index is 12.5. The highest BCUT2D eigenvalue weighted by atomic mass is 32.2. The van der Waals surface area contributed by atoms with Crippen LogP contribution in [-0.4, -0.2) is 29.9 Å². The largest absolute Gasteiger partial charge is 0.467 e. The molecule has 1 saturated carbocycles. The van der Waals surface area contributed by atoms with Gasteiger partial charge in [0.05, 0.1) is 12.8 Å². The molecule has 1 aromatic rings. The quantitative estimate of drug-likeness (QED) is 0.754. The lowest BCUT2D eigenvalue weighted by Crippen LogP contribution is -2.49. The van der Waals surface area contributed by atoms with Gasteiger partial charge in [0.25, 0.3) is 0 Å². The van der Waals surface area contributed by atoms with Crippen molar-refractivity contribution in [3.05, 3.63) is 24.2 Å². The zero-order valence-electron chi connectivity index (χ0n) is 14.5. The van der Waals surface area contributed by atoms with Crippen LogP contribution in [-0.2, 0) is 16.1 Å². The van der Waals surface area contributed by atoms with Gasteiger partial charge in [0.2, 0.25) is 11.8 Å². The van der Waals surface area contributed by atoms with Crippen LogP contribution in [0.3, 0.4) is 0 Å². The first kappa shape index (κ1) is 18.9. The topological polar surface area (TPSA) is 71.3 Å². The highest BCUT2D eigenvalue weighted by Crippen LogP contribution is 2.28. The molecule has 1 aliphatic rings. The minimum absolute atomic E-state index is 0.0288. The van der Waals surface area contributed by atoms with Crippen molar-refractivity contribution in [1.29, 1.82) is 0 Å². The van der Waals surface area contributed by atoms with Crippen molar-refractivity contribution < 1.29 is 14.0 Å². The van der Waals surface area contributed by atoms with Crippen molar-refractivity contribution in [2.24, 2.45) is 11.8 Å². The number of carbonyl (C=O) groups is 2. The molecule has 134 valence electrons. The van der Waals surface area contributed by atoms with Crippen molar-refractivity contribution in [3.8, 4) is 0 Å². The second-order valence-corrected chi connectivity index (χ2v) is 7.58. The van der Waals surface area contributed by atoms with Gasteiger partial charge in [-0.3, -0.25) is 9.59 Å². The number of hydrogen-bond donors (Lipinski definition) is 2. The van der Waals surface area contributed by atoms with E-state index >= 15 is 0 Å². The van der Waals surface area contributed by atoms with Crippen molar-refractivity contribution in [2.75, 3.05) is 12.0 Å². The van der Waals surface area contributed by atoms with E-state index in [1.165, 1.54) is 0 Å². The molecule has 2 rings (SSSR count). The van der Waals surface area contributed by atoms with Crippen LogP contribution in [0, 0.1) is 11.8 Å². The predicted octanol–water partition coefficient (Wildman–Crippen LogP) is 2.96. The monoisotopic (exact) mass is 352 g/mol. The Balaban J connectivity index is 1.86. The molecule has 0 bridgehead atoms. The first-order chi connectivity index (χ1) is 11.6. The van der Waals surface area contributed by atoms with Crippen LogP contribution in [0.25, 0.3) is 0 Å². The Kier molecular flexibility index (Phi) is 7.69. The molecular formula is C18H28N2O3S. The molecule has 24 heavy (non-hydrogen) atoms. The van der Waals surface area contributed by atoms with E-state index in [1.54, 1.807) is 24.1 Å². The Labute approximate surface area is 148 Å². The van der Waals surface area contributed by atoms with Crippen LogP contribution < -0.4 is 10.6 Å². The van der Waals surface area contributed by atoms with Gasteiger partial charge in [-0.2, -0.15) is 11.8 Å². The molecule has 0 spiro atoms. The fourth-order valence-corrected chi connectivity index (χ4v) is 3.50. The molecule has 0 aromatic carbocycles. The number of hydrogen-bond acceptors (Lipinski definition) is 4. The molecule has 5 nitrogen and oxygen atoms in total. The van der Waals surface area contributed by atoms with Crippen molar-refractivity contribution in [1.82, 2.24) is 10.6 Å². The summed E-state index contributed by atoms with van der Waals surface area (Å²) in [6.07, 6.45) is 8.27. The molecule has 1 fully saturated rings. The van der Waals surface area contributed by atoms with Crippen LogP contribution in [0.1, 0.15) is 44.8 Å². The maximum absolute atomic E-state index is 12.5. The van der Waals surface area contributed by atoms with Crippen molar-refractivity contribution in [3.63, 3.8) is 0 Å². The predicted molar refractivity (Wildman–Crippen MR) is 96.6 cm³/mol. The van der Waals surface area contributed by atoms with E-state index in [-0.39, 0.29) is 17.7 Å². The summed E-state index contributed by atoms with van der Waals surface area (Å²) in [6.45, 7) is 2.58. The smallest absolute Gasteiger partial charge is 0.242 e. The van der Waals surface area contributed by atoms with E-state index < -0.39 is 6.04 Å². The van der Waals surface area contributed by atoms with E-state index in [2.05, 4.69) is 17.6 Å². The Bertz CT molecular complexity index is 510. The first-order valence-electron chi connectivity index (χ1n) is 8.69. The minimum atomic E-state index is -0.473. The minimum Gasteiger partial charge on any atom is -0.467 e. The van der Waals surface area contributed by atoms with Gasteiger partial charge in [0.1, 0.15) is 11.8 Å². The Morgan fingerprint density at radius 3 is 2.71 bits per heavy atom. The first-order valence-corrected chi connectivity index (χ1v) is 10.1. The molecule has 6 heteroatoms. The summed E-state index contributed by atoms with van der Waals surface area (Å²) in [5, 5.41) is 5.82. The van der Waals surface area contributed by atoms with Crippen LogP contribution in [0.5, 0.6) is 0 Å². The molecule has 1 aromatic heterocycles. The fraction of sp³-hybridized carbons (Fsp3) is 0.667. The van der Waals surface area contributed by atoms with Crippen LogP contribution >= 0.6 is 11.8 Å². The van der Waals surface area contributed by atoms with E-state index in [1.807, 2.05) is 12.3 Å². The third-order valence-electron chi connectivity index (χ3n) is 4.65. The number of nitrogens with one attached hydrogen (secondary N) is 2. The van der Waals surface area contributed by atoms with E-state index in [0.29, 0.717) is 24.6 Å². The summed E-state index contributed by atoms with van der Waals surface area (Å²) in [5.74, 6) is 2.19. The van der Waals surface area contributed by atoms with Gasteiger partial charge in [-0.1, -0.05) is 6.92 Å². The lowest BCUT2D eigenvalue weighted by Gasteiger charge is -2.27. The number of furan rings is 1. The molecule has 0 radical (unpaired) electrons. The molecule has 0 aliphatic heterocycles. The van der Waals surface area contributed by atoms with Crippen LogP contribution in [0.4, 0.5) is 0 Å². The molecular weight excluding hydrogens is 324 g/mol. The zero-order valence-corrected chi connectivity index (χ0v) is 15.4. The highest BCUT2D eigenvalue weighted by Gasteiger charge is 2.28. The van der Waals surface area contributed by atoms with Crippen LogP contribution in [0.2, 0.25) is 0 Å². The normalized spacial score (nSPS) is 21.9. The number of thioether (sulfide) groups is 1. The number of rotatable bonds is 8. The molecule has 1 aliphatic carbocycles. The standard InChI is InChI=1S/C18H28N2O3S/c1-13-5-7-14(8-6-13)17(21)20-16(9-11-24-2)18(22)19-12-15-4-3-10-23-15/h3-4,10,13-14,16H,5-9,11-12H2,1-2H3,(H,19,22)(H,20,21)/t13?,14?,16-/m1/s1. The van der Waals surface area contributed by atoms with Crippen molar-refractivity contribution >= 4 is 23.6 Å². The molecule has 1 atom stereocenters. The summed E-state index contributed by atoms with van der Waals surface area (Å²) in [6, 6.07) is 3.14.